The fourth-order valence-corrected chi connectivity index (χ4v) is 1.67. The van der Waals surface area contributed by atoms with Crippen LogP contribution in [0.2, 0.25) is 0 Å². The maximum absolute atomic E-state index is 11.4. The topological polar surface area (TPSA) is 59.1 Å². The first-order valence-corrected chi connectivity index (χ1v) is 6.56. The summed E-state index contributed by atoms with van der Waals surface area (Å²) < 4.78 is 14.2. The number of halogens is 1. The Morgan fingerprint density at radius 2 is 2.29 bits per heavy atom. The van der Waals surface area contributed by atoms with E-state index in [2.05, 4.69) is 31.5 Å². The number of hydrogen-bond acceptors (Lipinski definition) is 3. The van der Waals surface area contributed by atoms with Crippen LogP contribution in [0.25, 0.3) is 0 Å². The van der Waals surface area contributed by atoms with E-state index in [0.717, 1.165) is 0 Å². The van der Waals surface area contributed by atoms with Gasteiger partial charge >= 0.3 is 0 Å². The van der Waals surface area contributed by atoms with Crippen molar-refractivity contribution in [3.63, 3.8) is 0 Å². The summed E-state index contributed by atoms with van der Waals surface area (Å²) in [6.45, 7) is 0. The average molecular weight is 277 g/mol. The quantitative estimate of drug-likeness (QED) is 0.815. The molecule has 0 fully saturated rings. The molecular weight excluding hydrogens is 268 g/mol. The van der Waals surface area contributed by atoms with Crippen LogP contribution in [0.5, 0.6) is 0 Å². The van der Waals surface area contributed by atoms with Crippen LogP contribution >= 0.6 is 15.9 Å². The van der Waals surface area contributed by atoms with Gasteiger partial charge in [0.15, 0.2) is 0 Å². The summed E-state index contributed by atoms with van der Waals surface area (Å²) in [7, 11) is -2.53. The van der Waals surface area contributed by atoms with Crippen molar-refractivity contribution in [2.75, 3.05) is 6.26 Å². The van der Waals surface area contributed by atoms with Crippen molar-refractivity contribution in [3.05, 3.63) is 28.5 Å². The first kappa shape index (κ1) is 11.2. The first-order chi connectivity index (χ1) is 6.38. The molecule has 0 aliphatic heterocycles. The molecule has 0 radical (unpaired) electrons. The van der Waals surface area contributed by atoms with Gasteiger partial charge in [-0.25, -0.2) is 4.21 Å². The maximum atomic E-state index is 11.4. The summed E-state index contributed by atoms with van der Waals surface area (Å²) in [5, 5.41) is 0. The Hall–Kier alpha value is -0.880. The van der Waals surface area contributed by atoms with Gasteiger partial charge in [-0.15, -0.1) is 0 Å². The molecule has 1 aromatic rings. The highest BCUT2D eigenvalue weighted by Gasteiger charge is 2.08. The molecule has 1 aromatic heterocycles. The van der Waals surface area contributed by atoms with Crippen LogP contribution < -0.4 is 4.72 Å². The van der Waals surface area contributed by atoms with E-state index in [-0.39, 0.29) is 0 Å². The van der Waals surface area contributed by atoms with Crippen LogP contribution in [0.15, 0.2) is 22.9 Å². The number of aromatic nitrogens is 1. The zero-order valence-corrected chi connectivity index (χ0v) is 9.89. The van der Waals surface area contributed by atoms with Crippen molar-refractivity contribution in [1.82, 2.24) is 9.71 Å². The third kappa shape index (κ3) is 3.47. The minimum absolute atomic E-state index is 0.345. The highest BCUT2D eigenvalue weighted by molar-refractivity contribution is 9.10. The van der Waals surface area contributed by atoms with Gasteiger partial charge in [0.05, 0.1) is 5.56 Å². The van der Waals surface area contributed by atoms with E-state index in [1.807, 2.05) is 0 Å². The standard InChI is InChI=1S/C8H9BrN2O2S/c1-14(2,13)11-8(12)6-3-7(9)5-10-4-6/h3-5H,1H2,2H3,(H,11,12,13). The average Bonchev–Trinajstić information content (AvgIpc) is 2.01. The number of amides is 1. The Morgan fingerprint density at radius 3 is 2.79 bits per heavy atom. The van der Waals surface area contributed by atoms with Gasteiger partial charge in [0.2, 0.25) is 0 Å². The molecule has 14 heavy (non-hydrogen) atoms. The predicted octanol–water partition coefficient (Wildman–Crippen LogP) is 0.835. The number of rotatable bonds is 2. The molecule has 0 bridgehead atoms. The molecular formula is C8H9BrN2O2S. The SMILES string of the molecule is C=S(C)(=O)NC(=O)c1cncc(Br)c1. The van der Waals surface area contributed by atoms with Crippen molar-refractivity contribution in [1.29, 1.82) is 0 Å². The van der Waals surface area contributed by atoms with Crippen molar-refractivity contribution in [2.24, 2.45) is 0 Å². The number of hydrogen-bond donors (Lipinski definition) is 1. The van der Waals surface area contributed by atoms with Gasteiger partial charge in [0.1, 0.15) is 0 Å². The molecule has 0 aromatic carbocycles. The van der Waals surface area contributed by atoms with Crippen molar-refractivity contribution >= 4 is 37.4 Å². The van der Waals surface area contributed by atoms with Gasteiger partial charge in [-0.05, 0) is 27.9 Å². The smallest absolute Gasteiger partial charge is 0.264 e. The number of nitrogens with zero attached hydrogens (tertiary/aromatic N) is 1. The van der Waals surface area contributed by atoms with Gasteiger partial charge in [-0.1, -0.05) is 0 Å². The van der Waals surface area contributed by atoms with Crippen LogP contribution in [-0.2, 0) is 9.71 Å². The monoisotopic (exact) mass is 276 g/mol. The van der Waals surface area contributed by atoms with Gasteiger partial charge in [-0.2, -0.15) is 0 Å². The zero-order valence-electron chi connectivity index (χ0n) is 7.49. The third-order valence-electron chi connectivity index (χ3n) is 1.28. The highest BCUT2D eigenvalue weighted by Crippen LogP contribution is 2.09. The molecule has 1 atom stereocenters. The fraction of sp³-hybridized carbons (Fsp3) is 0.125. The highest BCUT2D eigenvalue weighted by atomic mass is 79.9. The molecule has 1 unspecified atom stereocenters. The largest absolute Gasteiger partial charge is 0.279 e. The summed E-state index contributed by atoms with van der Waals surface area (Å²) in [6, 6.07) is 1.59. The third-order valence-corrected chi connectivity index (χ3v) is 2.33. The lowest BCUT2D eigenvalue weighted by Gasteiger charge is -2.05. The van der Waals surface area contributed by atoms with Crippen LogP contribution in [0.1, 0.15) is 10.4 Å². The van der Waals surface area contributed by atoms with Gasteiger partial charge in [0, 0.05) is 32.8 Å². The lowest BCUT2D eigenvalue weighted by atomic mass is 10.3. The normalized spacial score (nSPS) is 14.4. The summed E-state index contributed by atoms with van der Waals surface area (Å²) >= 11 is 3.18. The Kier molecular flexibility index (Phi) is 3.28. The number of nitrogens with one attached hydrogen (secondary N) is 1. The second-order valence-corrected chi connectivity index (χ2v) is 5.96. The Bertz CT molecular complexity index is 456. The van der Waals surface area contributed by atoms with Crippen molar-refractivity contribution in [2.45, 2.75) is 0 Å². The van der Waals surface area contributed by atoms with E-state index >= 15 is 0 Å². The zero-order chi connectivity index (χ0) is 10.8. The molecule has 76 valence electrons. The van der Waals surface area contributed by atoms with E-state index in [9.17, 15) is 9.00 Å². The second-order valence-electron chi connectivity index (χ2n) is 2.83. The Labute approximate surface area is 91.0 Å². The molecule has 0 aliphatic carbocycles. The van der Waals surface area contributed by atoms with Crippen LogP contribution in [0.3, 0.4) is 0 Å². The predicted molar refractivity (Wildman–Crippen MR) is 60.6 cm³/mol. The summed E-state index contributed by atoms with van der Waals surface area (Å²) in [6.07, 6.45) is 4.31. The summed E-state index contributed by atoms with van der Waals surface area (Å²) in [5.74, 6) is 2.88. The summed E-state index contributed by atoms with van der Waals surface area (Å²) in [4.78, 5) is 15.2. The molecule has 0 aliphatic rings. The van der Waals surface area contributed by atoms with Gasteiger partial charge < -0.3 is 0 Å². The maximum Gasteiger partial charge on any atom is 0.264 e. The van der Waals surface area contributed by atoms with E-state index in [1.165, 1.54) is 12.5 Å². The van der Waals surface area contributed by atoms with Crippen molar-refractivity contribution in [3.8, 4) is 0 Å². The molecule has 1 N–H and O–H groups in total. The fourth-order valence-electron chi connectivity index (χ4n) is 0.791. The molecule has 4 nitrogen and oxygen atoms in total. The molecule has 0 spiro atoms. The van der Waals surface area contributed by atoms with Crippen molar-refractivity contribution < 1.29 is 9.00 Å². The van der Waals surface area contributed by atoms with Crippen LogP contribution in [0.4, 0.5) is 0 Å². The number of carbonyl (C=O) groups is 1. The Balaban J connectivity index is 2.91. The molecule has 6 heteroatoms. The molecule has 0 saturated heterocycles. The first-order valence-electron chi connectivity index (χ1n) is 3.63. The minimum Gasteiger partial charge on any atom is -0.279 e. The minimum atomic E-state index is -2.53. The van der Waals surface area contributed by atoms with E-state index < -0.39 is 15.6 Å². The molecule has 0 saturated carbocycles. The van der Waals surface area contributed by atoms with Crippen LogP contribution in [0, 0.1) is 0 Å². The summed E-state index contributed by atoms with van der Waals surface area (Å²) in [5.41, 5.74) is 0.345. The molecule has 1 heterocycles. The Morgan fingerprint density at radius 1 is 1.64 bits per heavy atom. The number of pyridine rings is 1. The van der Waals surface area contributed by atoms with E-state index in [1.54, 1.807) is 12.3 Å². The van der Waals surface area contributed by atoms with E-state index in [0.29, 0.717) is 10.0 Å². The van der Waals surface area contributed by atoms with Crippen LogP contribution in [-0.4, -0.2) is 27.2 Å². The second kappa shape index (κ2) is 4.10. The van der Waals surface area contributed by atoms with Gasteiger partial charge in [-0.3, -0.25) is 14.5 Å². The van der Waals surface area contributed by atoms with Gasteiger partial charge in [0.25, 0.3) is 5.91 Å². The van der Waals surface area contributed by atoms with E-state index in [4.69, 9.17) is 0 Å². The number of carbonyl (C=O) groups excluding carboxylic acids is 1. The molecule has 1 amide bonds. The molecule has 1 rings (SSSR count). The lowest BCUT2D eigenvalue weighted by molar-refractivity contribution is 0.0982. The lowest BCUT2D eigenvalue weighted by Crippen LogP contribution is -2.29.